The molecule has 14 rings (SSSR count). The van der Waals surface area contributed by atoms with Gasteiger partial charge in [-0.3, -0.25) is 0 Å². The van der Waals surface area contributed by atoms with Gasteiger partial charge in [0.1, 0.15) is 35.6 Å². The topological polar surface area (TPSA) is 52.6 Å². The van der Waals surface area contributed by atoms with E-state index in [0.29, 0.717) is 12.1 Å². The predicted molar refractivity (Wildman–Crippen MR) is 386 cm³/mol. The fourth-order valence-corrected chi connectivity index (χ4v) is 16.1. The number of rotatable bonds is 12. The van der Waals surface area contributed by atoms with Crippen molar-refractivity contribution in [2.45, 2.75) is 115 Å². The molecular weight excluding hydrogens is 1120 g/mol. The third-order valence-corrected chi connectivity index (χ3v) is 20.6. The Labute approximate surface area is 549 Å². The van der Waals surface area contributed by atoms with Gasteiger partial charge in [0.25, 0.3) is 0 Å². The second-order valence-electron chi connectivity index (χ2n) is 28.3. The van der Waals surface area contributed by atoms with Crippen molar-refractivity contribution in [2.24, 2.45) is 0 Å². The molecule has 0 N–H and O–H groups in total. The van der Waals surface area contributed by atoms with E-state index >= 15 is 0 Å². The molecular formula is C84H92B2N2O4. The van der Waals surface area contributed by atoms with E-state index in [-0.39, 0.29) is 24.0 Å². The average Bonchev–Trinajstić information content (AvgIpc) is 1.22. The van der Waals surface area contributed by atoms with Crippen LogP contribution >= 0.6 is 0 Å². The SMILES string of the molecule is CC(C)(C)OC(=O)[C@@H]1CC[N@@+]1(C)[C@@H]1CCc2ccccc21.CC(C)(C)OC(=O)[C@@H]1CC[N@@+]1(C)[C@@H]1CCc2ccccc21.c1ccc([B-](c2ccccc2)(c2ccccc2)c2ccccc2)cc1.c1ccc([B-](c2ccccc2)(c2ccccc2)c2ccccc2)cc1. The van der Waals surface area contributed by atoms with E-state index < -0.39 is 23.5 Å². The Morgan fingerprint density at radius 3 is 0.717 bits per heavy atom. The van der Waals surface area contributed by atoms with Crippen LogP contribution in [0.1, 0.15) is 102 Å². The number of likely N-dealkylation sites (tertiary alicyclic amines) is 2. The van der Waals surface area contributed by atoms with Crippen LogP contribution in [0.3, 0.4) is 0 Å². The van der Waals surface area contributed by atoms with Crippen molar-refractivity contribution in [1.82, 2.24) is 0 Å². The van der Waals surface area contributed by atoms with Crippen LogP contribution in [0.25, 0.3) is 0 Å². The number of carbonyl (C=O) groups is 2. The summed E-state index contributed by atoms with van der Waals surface area (Å²) in [4.78, 5) is 25.0. The number of carbonyl (C=O) groups excluding carboxylic acids is 2. The van der Waals surface area contributed by atoms with Gasteiger partial charge < -0.3 is 18.4 Å². The predicted octanol–water partition coefficient (Wildman–Crippen LogP) is 12.6. The molecule has 10 aromatic rings. The molecule has 92 heavy (non-hydrogen) atoms. The first-order valence-electron chi connectivity index (χ1n) is 33.5. The largest absolute Gasteiger partial charge is 0.456 e. The van der Waals surface area contributed by atoms with Crippen molar-refractivity contribution in [3.8, 4) is 0 Å². The molecule has 0 saturated carbocycles. The van der Waals surface area contributed by atoms with Gasteiger partial charge in [0.05, 0.1) is 40.0 Å². The van der Waals surface area contributed by atoms with Gasteiger partial charge in [-0.2, -0.15) is 43.7 Å². The Kier molecular flexibility index (Phi) is 19.7. The first-order chi connectivity index (χ1) is 44.5. The van der Waals surface area contributed by atoms with Crippen molar-refractivity contribution in [2.75, 3.05) is 27.2 Å². The molecule has 8 heteroatoms. The van der Waals surface area contributed by atoms with Crippen molar-refractivity contribution in [1.29, 1.82) is 0 Å². The second-order valence-corrected chi connectivity index (χ2v) is 28.3. The Bertz CT molecular complexity index is 3410. The van der Waals surface area contributed by atoms with Gasteiger partial charge >= 0.3 is 11.9 Å². The number of hydrogen-bond acceptors (Lipinski definition) is 4. The molecule has 2 saturated heterocycles. The Balaban J connectivity index is 0.000000126. The third-order valence-electron chi connectivity index (χ3n) is 20.6. The van der Waals surface area contributed by atoms with E-state index in [4.69, 9.17) is 9.47 Å². The molecule has 2 heterocycles. The fraction of sp³-hybridized carbons (Fsp3) is 0.262. The second kappa shape index (κ2) is 28.0. The highest BCUT2D eigenvalue weighted by atomic mass is 16.6. The van der Waals surface area contributed by atoms with Crippen LogP contribution in [0.4, 0.5) is 0 Å². The van der Waals surface area contributed by atoms with Crippen LogP contribution in [0.2, 0.25) is 0 Å². The normalized spacial score (nSPS) is 20.4. The number of nitrogens with zero attached hydrogens (tertiary/aromatic N) is 2. The van der Waals surface area contributed by atoms with Crippen LogP contribution < -0.4 is 43.7 Å². The first kappa shape index (κ1) is 64.7. The van der Waals surface area contributed by atoms with E-state index in [0.717, 1.165) is 60.6 Å². The van der Waals surface area contributed by atoms with Crippen LogP contribution in [0.5, 0.6) is 0 Å². The maximum absolute atomic E-state index is 12.5. The highest BCUT2D eigenvalue weighted by molar-refractivity contribution is 7.20. The number of aryl methyl sites for hydroxylation is 2. The summed E-state index contributed by atoms with van der Waals surface area (Å²) in [5, 5.41) is 0. The van der Waals surface area contributed by atoms with Gasteiger partial charge in [0, 0.05) is 24.0 Å². The molecule has 6 atom stereocenters. The minimum atomic E-state index is -1.22. The zero-order chi connectivity index (χ0) is 64.4. The molecule has 0 unspecified atom stereocenters. The quantitative estimate of drug-likeness (QED) is 0.0695. The van der Waals surface area contributed by atoms with E-state index in [1.165, 1.54) is 66.0 Å². The zero-order valence-corrected chi connectivity index (χ0v) is 55.4. The van der Waals surface area contributed by atoms with Crippen LogP contribution in [0, 0.1) is 0 Å². The van der Waals surface area contributed by atoms with E-state index in [2.05, 4.69) is 305 Å². The monoisotopic (exact) mass is 1210 g/mol. The van der Waals surface area contributed by atoms with Gasteiger partial charge in [-0.05, 0) is 65.5 Å². The molecule has 10 aromatic carbocycles. The van der Waals surface area contributed by atoms with Crippen molar-refractivity contribution in [3.05, 3.63) is 313 Å². The fourth-order valence-electron chi connectivity index (χ4n) is 16.1. The summed E-state index contributed by atoms with van der Waals surface area (Å²) in [5.41, 5.74) is 15.7. The summed E-state index contributed by atoms with van der Waals surface area (Å²) in [6, 6.07) is 105. The number of quaternary nitrogens is 2. The molecule has 2 aliphatic heterocycles. The van der Waals surface area contributed by atoms with Gasteiger partial charge in [-0.25, -0.2) is 9.59 Å². The Hall–Kier alpha value is -8.81. The van der Waals surface area contributed by atoms with Gasteiger partial charge in [0.15, 0.2) is 12.1 Å². The molecule has 0 radical (unpaired) electrons. The number of likely N-dealkylation sites (N-methyl/N-ethyl adjacent to an activating group) is 2. The summed E-state index contributed by atoms with van der Waals surface area (Å²) in [7, 11) is 4.45. The number of ether oxygens (including phenoxy) is 2. The molecule has 0 amide bonds. The zero-order valence-electron chi connectivity index (χ0n) is 55.4. The molecule has 4 aliphatic rings. The van der Waals surface area contributed by atoms with Crippen LogP contribution in [0.15, 0.2) is 291 Å². The lowest BCUT2D eigenvalue weighted by atomic mass is 9.13. The standard InChI is InChI=1S/2C24H20B.2C18H26NO2/c2*1-5-13-21(14-6-1)25(22-15-7-2-8-16-22,23-17-9-3-10-18-23)24-19-11-4-12-20-24;2*1-18(2,3)21-17(20)16-11-12-19(16,4)15-10-9-13-7-5-6-8-14(13)15/h2*1-20H;2*5-8,15-16H,9-12H2,1-4H3/q2*-1;2*+1/t;;2*15-,16+,19+/m..11/s1. The number of benzene rings is 10. The van der Waals surface area contributed by atoms with Crippen molar-refractivity contribution >= 4 is 67.9 Å². The molecule has 2 aliphatic carbocycles. The van der Waals surface area contributed by atoms with Crippen LogP contribution in [-0.2, 0) is 31.9 Å². The Morgan fingerprint density at radius 1 is 0.315 bits per heavy atom. The maximum Gasteiger partial charge on any atom is 0.365 e. The smallest absolute Gasteiger partial charge is 0.365 e. The lowest BCUT2D eigenvalue weighted by molar-refractivity contribution is -0.990. The van der Waals surface area contributed by atoms with Crippen molar-refractivity contribution < 1.29 is 28.0 Å². The molecule has 0 bridgehead atoms. The summed E-state index contributed by atoms with van der Waals surface area (Å²) < 4.78 is 12.9. The summed E-state index contributed by atoms with van der Waals surface area (Å²) in [6.45, 7) is 13.8. The highest BCUT2D eigenvalue weighted by Crippen LogP contribution is 2.47. The van der Waals surface area contributed by atoms with E-state index in [9.17, 15) is 9.59 Å². The van der Waals surface area contributed by atoms with E-state index in [1.54, 1.807) is 0 Å². The molecule has 2 fully saturated rings. The Morgan fingerprint density at radius 2 is 0.522 bits per heavy atom. The average molecular weight is 1220 g/mol. The summed E-state index contributed by atoms with van der Waals surface area (Å²) in [6.07, 6.45) is 4.03. The van der Waals surface area contributed by atoms with Crippen LogP contribution in [-0.4, -0.2) is 83.7 Å². The number of fused-ring (bicyclic) bond motifs is 2. The number of hydrogen-bond donors (Lipinski definition) is 0. The number of esters is 2. The van der Waals surface area contributed by atoms with Gasteiger partial charge in [-0.15, -0.1) is 0 Å². The summed E-state index contributed by atoms with van der Waals surface area (Å²) >= 11 is 0. The maximum atomic E-state index is 12.5. The van der Waals surface area contributed by atoms with Crippen molar-refractivity contribution in [3.63, 3.8) is 0 Å². The molecule has 6 nitrogen and oxygen atoms in total. The van der Waals surface area contributed by atoms with Gasteiger partial charge in [-0.1, -0.05) is 291 Å². The molecule has 0 spiro atoms. The first-order valence-corrected chi connectivity index (χ1v) is 33.5. The third kappa shape index (κ3) is 13.4. The molecule has 0 aromatic heterocycles. The van der Waals surface area contributed by atoms with E-state index in [1.807, 2.05) is 41.5 Å². The van der Waals surface area contributed by atoms with Gasteiger partial charge in [0.2, 0.25) is 0 Å². The lowest BCUT2D eigenvalue weighted by Gasteiger charge is -2.52. The lowest BCUT2D eigenvalue weighted by Crippen LogP contribution is -2.74. The highest BCUT2D eigenvalue weighted by Gasteiger charge is 2.56. The minimum Gasteiger partial charge on any atom is -0.456 e. The summed E-state index contributed by atoms with van der Waals surface area (Å²) in [5.74, 6) is -0.0544. The molecule has 468 valence electrons. The minimum absolute atomic E-state index is 0.000353.